The summed E-state index contributed by atoms with van der Waals surface area (Å²) in [5.41, 5.74) is 17.2. The van der Waals surface area contributed by atoms with E-state index >= 15 is 0 Å². The minimum Gasteiger partial charge on any atom is -0.372 e. The molecule has 0 amide bonds. The van der Waals surface area contributed by atoms with Gasteiger partial charge in [-0.1, -0.05) is 90.8 Å². The van der Waals surface area contributed by atoms with Crippen LogP contribution in [0.15, 0.2) is 146 Å². The van der Waals surface area contributed by atoms with Gasteiger partial charge in [0.25, 0.3) is 0 Å². The molecule has 0 unspecified atom stereocenters. The summed E-state index contributed by atoms with van der Waals surface area (Å²) < 4.78 is 49.7. The molecule has 3 fully saturated rings. The summed E-state index contributed by atoms with van der Waals surface area (Å²) in [5.74, 6) is -0.594. The summed E-state index contributed by atoms with van der Waals surface area (Å²) in [6.45, 7) is 13.7. The number of anilines is 2. The van der Waals surface area contributed by atoms with Crippen LogP contribution >= 0.6 is 11.6 Å². The van der Waals surface area contributed by atoms with Gasteiger partial charge < -0.3 is 15.1 Å². The Balaban J connectivity index is 0.000000123. The number of halogens is 4. The molecule has 9 aromatic rings. The number of hydrogen-bond acceptors (Lipinski definition) is 9. The van der Waals surface area contributed by atoms with Crippen LogP contribution in [0.3, 0.4) is 0 Å². The van der Waals surface area contributed by atoms with Crippen LogP contribution < -0.4 is 15.1 Å². The molecule has 9 heterocycles. The van der Waals surface area contributed by atoms with Gasteiger partial charge in [0.05, 0.1) is 53.8 Å². The number of fused-ring (bicyclic) bond motifs is 3. The Morgan fingerprint density at radius 1 is 0.386 bits per heavy atom. The summed E-state index contributed by atoms with van der Waals surface area (Å²) in [6.07, 6.45) is 11.9. The predicted octanol–water partition coefficient (Wildman–Crippen LogP) is 14.4. The number of rotatable bonds is 11. The number of benzene rings is 6. The van der Waals surface area contributed by atoms with Gasteiger partial charge in [-0.2, -0.15) is 15.3 Å². The van der Waals surface area contributed by atoms with Gasteiger partial charge in [0.2, 0.25) is 0 Å². The van der Waals surface area contributed by atoms with Crippen LogP contribution in [0.2, 0.25) is 5.02 Å². The zero-order valence-electron chi connectivity index (χ0n) is 51.3. The Kier molecular flexibility index (Phi) is 19.5. The third kappa shape index (κ3) is 14.3. The lowest BCUT2D eigenvalue weighted by Gasteiger charge is -2.29. The smallest absolute Gasteiger partial charge is 0.132 e. The van der Waals surface area contributed by atoms with Gasteiger partial charge in [-0.15, -0.1) is 0 Å². The average molecular weight is 1210 g/mol. The molecule has 0 spiro atoms. The fourth-order valence-electron chi connectivity index (χ4n) is 13.4. The maximum atomic E-state index is 14.7. The Bertz CT molecular complexity index is 3640. The van der Waals surface area contributed by atoms with Crippen molar-refractivity contribution in [2.75, 3.05) is 70.2 Å². The quantitative estimate of drug-likeness (QED) is 0.136. The van der Waals surface area contributed by atoms with Crippen molar-refractivity contribution in [2.45, 2.75) is 117 Å². The zero-order chi connectivity index (χ0) is 60.5. The summed E-state index contributed by atoms with van der Waals surface area (Å²) >= 11 is 6.09. The van der Waals surface area contributed by atoms with E-state index in [9.17, 15) is 13.2 Å². The van der Waals surface area contributed by atoms with E-state index in [1.54, 1.807) is 18.2 Å². The van der Waals surface area contributed by atoms with Crippen LogP contribution in [0, 0.1) is 17.5 Å². The highest BCUT2D eigenvalue weighted by Gasteiger charge is 2.31. The third-order valence-electron chi connectivity index (χ3n) is 17.7. The molecule has 6 aromatic carbocycles. The molecule has 0 saturated carbocycles. The van der Waals surface area contributed by atoms with Crippen molar-refractivity contribution in [3.8, 4) is 33.8 Å². The minimum atomic E-state index is -0.220. The first kappa shape index (κ1) is 60.7. The molecule has 88 heavy (non-hydrogen) atoms. The Morgan fingerprint density at radius 2 is 0.727 bits per heavy atom. The van der Waals surface area contributed by atoms with Crippen molar-refractivity contribution >= 4 is 23.0 Å². The van der Waals surface area contributed by atoms with Crippen molar-refractivity contribution in [2.24, 2.45) is 0 Å². The van der Waals surface area contributed by atoms with E-state index in [4.69, 9.17) is 26.9 Å². The molecule has 0 radical (unpaired) electrons. The topological polar surface area (TPSA) is 81.7 Å². The van der Waals surface area contributed by atoms with Gasteiger partial charge in [0, 0.05) is 115 Å². The minimum absolute atomic E-state index is 0.187. The standard InChI is InChI=1S/2C24H27FN4.C19H17ClFN3.C5H11N/c2*1-27-16-21-23(17-27)26-29(24(21)20-10-3-4-11-22(20)25)15-18-8-7-9-19(14-18)28-12-5-2-6-13-28;1-23-11-16-18(12-23)22-24(10-13-5-4-6-14(20)9-13)19(16)15-7-2-3-8-17(15)21;1-2-4-6-5-3-1/h2*3-4,7-11,14H,2,5-6,12-13,15-17H2,1H3;2-9H,10-12H2,1H3;6H,1-5H2. The molecule has 0 bridgehead atoms. The molecule has 6 aliphatic heterocycles. The lowest BCUT2D eigenvalue weighted by molar-refractivity contribution is 0.346. The van der Waals surface area contributed by atoms with E-state index in [0.29, 0.717) is 41.3 Å². The van der Waals surface area contributed by atoms with Gasteiger partial charge in [-0.05, 0) is 175 Å². The van der Waals surface area contributed by atoms with Gasteiger partial charge in [0.15, 0.2) is 0 Å². The molecule has 3 aromatic heterocycles. The van der Waals surface area contributed by atoms with Crippen molar-refractivity contribution < 1.29 is 13.2 Å². The van der Waals surface area contributed by atoms with E-state index in [1.807, 2.05) is 81.8 Å². The summed E-state index contributed by atoms with van der Waals surface area (Å²) in [7, 11) is 6.21. The van der Waals surface area contributed by atoms with Crippen molar-refractivity contribution in [1.29, 1.82) is 0 Å². The molecule has 0 atom stereocenters. The van der Waals surface area contributed by atoms with E-state index in [-0.39, 0.29) is 17.5 Å². The Hall–Kier alpha value is -7.53. The summed E-state index contributed by atoms with van der Waals surface area (Å²) in [6, 6.07) is 46.2. The second kappa shape index (κ2) is 28.3. The molecule has 1 N–H and O–H groups in total. The van der Waals surface area contributed by atoms with Crippen LogP contribution in [0.5, 0.6) is 0 Å². The summed E-state index contributed by atoms with van der Waals surface area (Å²) in [4.78, 5) is 11.6. The van der Waals surface area contributed by atoms with Crippen LogP contribution in [0.25, 0.3) is 33.8 Å². The van der Waals surface area contributed by atoms with Crippen molar-refractivity contribution in [3.05, 3.63) is 219 Å². The lowest BCUT2D eigenvalue weighted by atomic mass is 10.1. The summed E-state index contributed by atoms with van der Waals surface area (Å²) in [5, 5.41) is 18.5. The zero-order valence-corrected chi connectivity index (χ0v) is 52.0. The molecule has 6 aliphatic rings. The second-order valence-electron chi connectivity index (χ2n) is 24.6. The highest BCUT2D eigenvalue weighted by atomic mass is 35.5. The molecule has 12 nitrogen and oxygen atoms in total. The van der Waals surface area contributed by atoms with E-state index in [1.165, 1.54) is 112 Å². The number of hydrogen-bond donors (Lipinski definition) is 1. The van der Waals surface area contributed by atoms with E-state index < -0.39 is 0 Å². The molecular weight excluding hydrogens is 1130 g/mol. The molecule has 16 heteroatoms. The first-order valence-corrected chi connectivity index (χ1v) is 32.1. The van der Waals surface area contributed by atoms with Crippen LogP contribution in [-0.4, -0.2) is 104 Å². The number of nitrogens with zero attached hydrogens (tertiary/aromatic N) is 11. The molecule has 15 rings (SSSR count). The van der Waals surface area contributed by atoms with Crippen LogP contribution in [0.1, 0.15) is 108 Å². The fourth-order valence-corrected chi connectivity index (χ4v) is 13.7. The maximum Gasteiger partial charge on any atom is 0.132 e. The molecule has 0 aliphatic carbocycles. The lowest BCUT2D eigenvalue weighted by Crippen LogP contribution is -2.29. The number of aromatic nitrogens is 6. The first-order valence-electron chi connectivity index (χ1n) is 31.7. The third-order valence-corrected chi connectivity index (χ3v) is 17.9. The average Bonchev–Trinajstić information content (AvgIpc) is 2.15. The largest absolute Gasteiger partial charge is 0.372 e. The SMILES string of the molecule is C1CCNCC1.CN1Cc2nn(Cc3cccc(Cl)c3)c(-c3ccccc3F)c2C1.CN1Cc2nn(Cc3cccc(N4CCCCC4)c3)c(-c3ccccc3F)c2C1.CN1Cc2nn(Cc3cccc(N4CCCCC4)c3)c(-c3ccccc3F)c2C1. The van der Waals surface area contributed by atoms with Gasteiger partial charge in [-0.25, -0.2) is 13.2 Å². The van der Waals surface area contributed by atoms with Crippen molar-refractivity contribution in [1.82, 2.24) is 49.4 Å². The van der Waals surface area contributed by atoms with Crippen molar-refractivity contribution in [3.63, 3.8) is 0 Å². The number of piperidine rings is 3. The molecular formula is C72H82ClF3N12. The predicted molar refractivity (Wildman–Crippen MR) is 349 cm³/mol. The van der Waals surface area contributed by atoms with Gasteiger partial charge >= 0.3 is 0 Å². The molecule has 3 saturated heterocycles. The monoisotopic (exact) mass is 1210 g/mol. The highest BCUT2D eigenvalue weighted by molar-refractivity contribution is 6.30. The van der Waals surface area contributed by atoms with Crippen LogP contribution in [0.4, 0.5) is 24.5 Å². The van der Waals surface area contributed by atoms with Gasteiger partial charge in [-0.3, -0.25) is 28.7 Å². The number of nitrogens with one attached hydrogen (secondary N) is 1. The Morgan fingerprint density at radius 3 is 1.06 bits per heavy atom. The second-order valence-corrected chi connectivity index (χ2v) is 25.1. The Labute approximate surface area is 522 Å². The fraction of sp³-hybridized carbons (Fsp3) is 0.375. The molecule has 458 valence electrons. The van der Waals surface area contributed by atoms with Crippen LogP contribution in [-0.2, 0) is 58.9 Å². The van der Waals surface area contributed by atoms with E-state index in [0.717, 1.165) is 122 Å². The maximum absolute atomic E-state index is 14.7. The van der Waals surface area contributed by atoms with Gasteiger partial charge in [0.1, 0.15) is 17.5 Å². The normalized spacial score (nSPS) is 16.7. The van der Waals surface area contributed by atoms with E-state index in [2.05, 4.69) is 92.4 Å². The first-order chi connectivity index (χ1) is 43.0. The highest BCUT2D eigenvalue weighted by Crippen LogP contribution is 2.38.